The molecule has 200 valence electrons. The van der Waals surface area contributed by atoms with E-state index in [1.54, 1.807) is 11.8 Å². The number of aromatic nitrogens is 6. The van der Waals surface area contributed by atoms with Crippen molar-refractivity contribution in [2.45, 2.75) is 38.3 Å². The number of hydrogen-bond donors (Lipinski definition) is 0. The lowest BCUT2D eigenvalue weighted by molar-refractivity contribution is 0.289. The first-order chi connectivity index (χ1) is 19.0. The third-order valence-corrected chi connectivity index (χ3v) is 8.83. The van der Waals surface area contributed by atoms with Crippen LogP contribution in [0.15, 0.2) is 59.9 Å². The third-order valence-electron chi connectivity index (χ3n) is 7.72. The Labute approximate surface area is 234 Å². The van der Waals surface area contributed by atoms with Gasteiger partial charge in [0.1, 0.15) is 0 Å². The van der Waals surface area contributed by atoms with Gasteiger partial charge in [-0.3, -0.25) is 9.67 Å². The van der Waals surface area contributed by atoms with Gasteiger partial charge in [0.2, 0.25) is 0 Å². The molecule has 1 aliphatic heterocycles. The molecule has 8 heteroatoms. The molecule has 7 nitrogen and oxygen atoms in total. The Morgan fingerprint density at radius 3 is 2.56 bits per heavy atom. The van der Waals surface area contributed by atoms with Crippen molar-refractivity contribution >= 4 is 22.5 Å². The standard InChI is InChI=1S/C31H35N7S/c1-21-17-28-26(20-32-21)7-5-8-27(28)30-33-34-31(36(30)3)39-16-6-13-38-14-11-23-9-10-25(19-24(23)12-15-38)29-18-22(2)35-37(29)4/h5,7-10,17-20H,6,11-16H2,1-4H3. The van der Waals surface area contributed by atoms with Crippen LogP contribution in [0.1, 0.15) is 28.9 Å². The smallest absolute Gasteiger partial charge is 0.191 e. The van der Waals surface area contributed by atoms with Gasteiger partial charge in [-0.05, 0) is 74.4 Å². The number of aryl methyl sites for hydroxylation is 3. The fourth-order valence-corrected chi connectivity index (χ4v) is 6.47. The minimum absolute atomic E-state index is 0.902. The van der Waals surface area contributed by atoms with Gasteiger partial charge in [-0.25, -0.2) is 0 Å². The van der Waals surface area contributed by atoms with Crippen LogP contribution < -0.4 is 0 Å². The molecule has 4 heterocycles. The molecule has 0 amide bonds. The third kappa shape index (κ3) is 5.36. The monoisotopic (exact) mass is 537 g/mol. The molecule has 0 unspecified atom stereocenters. The van der Waals surface area contributed by atoms with Crippen molar-refractivity contribution in [3.8, 4) is 22.6 Å². The summed E-state index contributed by atoms with van der Waals surface area (Å²) in [5, 5.41) is 16.9. The van der Waals surface area contributed by atoms with E-state index in [1.165, 1.54) is 27.8 Å². The second kappa shape index (κ2) is 10.9. The molecule has 5 aromatic rings. The molecular formula is C31H35N7S. The van der Waals surface area contributed by atoms with Gasteiger partial charge in [0.05, 0.1) is 11.4 Å². The SMILES string of the molecule is Cc1cc2c(-c3nnc(SCCCN4CCc5ccc(-c6cc(C)nn6C)cc5CC4)n3C)cccc2cn1. The molecule has 0 bridgehead atoms. The number of rotatable bonds is 7. The normalized spacial score (nSPS) is 14.1. The molecule has 0 saturated heterocycles. The zero-order chi connectivity index (χ0) is 26.9. The number of fused-ring (bicyclic) bond motifs is 2. The molecule has 0 atom stereocenters. The summed E-state index contributed by atoms with van der Waals surface area (Å²) >= 11 is 1.80. The van der Waals surface area contributed by atoms with Crippen LogP contribution in [0.4, 0.5) is 0 Å². The van der Waals surface area contributed by atoms with E-state index < -0.39 is 0 Å². The molecule has 1 aliphatic rings. The van der Waals surface area contributed by atoms with Crippen LogP contribution in [0.2, 0.25) is 0 Å². The molecular weight excluding hydrogens is 502 g/mol. The highest BCUT2D eigenvalue weighted by Gasteiger charge is 2.17. The lowest BCUT2D eigenvalue weighted by Gasteiger charge is -2.19. The fourth-order valence-electron chi connectivity index (χ4n) is 5.63. The summed E-state index contributed by atoms with van der Waals surface area (Å²) in [6.45, 7) is 7.41. The van der Waals surface area contributed by atoms with Gasteiger partial charge in [0, 0.05) is 61.3 Å². The first kappa shape index (κ1) is 25.8. The molecule has 0 radical (unpaired) electrons. The fraction of sp³-hybridized carbons (Fsp3) is 0.355. The second-order valence-corrected chi connectivity index (χ2v) is 11.6. The highest BCUT2D eigenvalue weighted by Crippen LogP contribution is 2.30. The molecule has 0 N–H and O–H groups in total. The molecule has 0 spiro atoms. The summed E-state index contributed by atoms with van der Waals surface area (Å²) in [6, 6.07) is 17.5. The minimum atomic E-state index is 0.902. The van der Waals surface area contributed by atoms with Crippen molar-refractivity contribution < 1.29 is 0 Å². The topological polar surface area (TPSA) is 64.7 Å². The Morgan fingerprint density at radius 1 is 0.897 bits per heavy atom. The molecule has 0 saturated carbocycles. The lowest BCUT2D eigenvalue weighted by Crippen LogP contribution is -2.27. The van der Waals surface area contributed by atoms with Crippen LogP contribution in [0.25, 0.3) is 33.4 Å². The maximum Gasteiger partial charge on any atom is 0.191 e. The Balaban J connectivity index is 1.05. The average molecular weight is 538 g/mol. The lowest BCUT2D eigenvalue weighted by atomic mass is 9.99. The van der Waals surface area contributed by atoms with Crippen molar-refractivity contribution in [2.24, 2.45) is 14.1 Å². The van der Waals surface area contributed by atoms with Crippen LogP contribution in [-0.2, 0) is 26.9 Å². The average Bonchev–Trinajstić information content (AvgIpc) is 3.39. The Bertz CT molecular complexity index is 1630. The number of pyridine rings is 1. The Morgan fingerprint density at radius 2 is 1.74 bits per heavy atom. The number of nitrogens with zero attached hydrogens (tertiary/aromatic N) is 7. The Hall–Kier alpha value is -3.49. The number of hydrogen-bond acceptors (Lipinski definition) is 6. The van der Waals surface area contributed by atoms with Crippen LogP contribution >= 0.6 is 11.8 Å². The maximum atomic E-state index is 4.56. The van der Waals surface area contributed by atoms with Crippen molar-refractivity contribution in [3.63, 3.8) is 0 Å². The molecule has 6 rings (SSSR count). The predicted molar refractivity (Wildman–Crippen MR) is 159 cm³/mol. The van der Waals surface area contributed by atoms with E-state index in [9.17, 15) is 0 Å². The van der Waals surface area contributed by atoms with Crippen LogP contribution in [0.5, 0.6) is 0 Å². The van der Waals surface area contributed by atoms with Gasteiger partial charge in [0.25, 0.3) is 0 Å². The zero-order valence-electron chi connectivity index (χ0n) is 23.2. The largest absolute Gasteiger partial charge is 0.305 e. The highest BCUT2D eigenvalue weighted by molar-refractivity contribution is 7.99. The van der Waals surface area contributed by atoms with Gasteiger partial charge in [-0.15, -0.1) is 10.2 Å². The first-order valence-electron chi connectivity index (χ1n) is 13.7. The van der Waals surface area contributed by atoms with Crippen molar-refractivity contribution in [1.82, 2.24) is 34.4 Å². The van der Waals surface area contributed by atoms with E-state index in [1.807, 2.05) is 24.9 Å². The van der Waals surface area contributed by atoms with Gasteiger partial charge in [-0.1, -0.05) is 42.1 Å². The minimum Gasteiger partial charge on any atom is -0.305 e. The quantitative estimate of drug-likeness (QED) is 0.198. The van der Waals surface area contributed by atoms with Crippen molar-refractivity contribution in [2.75, 3.05) is 25.4 Å². The van der Waals surface area contributed by atoms with E-state index in [0.717, 1.165) is 78.0 Å². The molecule has 0 aliphatic carbocycles. The van der Waals surface area contributed by atoms with Gasteiger partial charge >= 0.3 is 0 Å². The van der Waals surface area contributed by atoms with E-state index in [-0.39, 0.29) is 0 Å². The first-order valence-corrected chi connectivity index (χ1v) is 14.7. The number of benzene rings is 2. The van der Waals surface area contributed by atoms with Gasteiger partial charge in [-0.2, -0.15) is 5.10 Å². The molecule has 3 aromatic heterocycles. The summed E-state index contributed by atoms with van der Waals surface area (Å²) in [6.07, 6.45) is 5.27. The second-order valence-electron chi connectivity index (χ2n) is 10.5. The molecule has 39 heavy (non-hydrogen) atoms. The molecule has 0 fully saturated rings. The zero-order valence-corrected chi connectivity index (χ0v) is 24.0. The maximum absolute atomic E-state index is 4.56. The van der Waals surface area contributed by atoms with Gasteiger partial charge < -0.3 is 9.47 Å². The summed E-state index contributed by atoms with van der Waals surface area (Å²) in [4.78, 5) is 7.06. The summed E-state index contributed by atoms with van der Waals surface area (Å²) in [7, 11) is 4.09. The van der Waals surface area contributed by atoms with Crippen molar-refractivity contribution in [1.29, 1.82) is 0 Å². The summed E-state index contributed by atoms with van der Waals surface area (Å²) in [5.74, 6) is 1.93. The van der Waals surface area contributed by atoms with E-state index >= 15 is 0 Å². The van der Waals surface area contributed by atoms with Crippen LogP contribution in [-0.4, -0.2) is 59.8 Å². The Kier molecular flexibility index (Phi) is 7.23. The van der Waals surface area contributed by atoms with Crippen LogP contribution in [0.3, 0.4) is 0 Å². The highest BCUT2D eigenvalue weighted by atomic mass is 32.2. The van der Waals surface area contributed by atoms with Crippen molar-refractivity contribution in [3.05, 3.63) is 77.2 Å². The summed E-state index contributed by atoms with van der Waals surface area (Å²) in [5.41, 5.74) is 8.59. The number of thioether (sulfide) groups is 1. The summed E-state index contributed by atoms with van der Waals surface area (Å²) < 4.78 is 4.11. The molecule has 2 aromatic carbocycles. The van der Waals surface area contributed by atoms with Gasteiger partial charge in [0.15, 0.2) is 11.0 Å². The van der Waals surface area contributed by atoms with E-state index in [0.29, 0.717) is 0 Å². The van der Waals surface area contributed by atoms with E-state index in [2.05, 4.69) is 92.2 Å². The predicted octanol–water partition coefficient (Wildman–Crippen LogP) is 5.63. The van der Waals surface area contributed by atoms with E-state index in [4.69, 9.17) is 0 Å². The van der Waals surface area contributed by atoms with Crippen LogP contribution in [0, 0.1) is 13.8 Å².